The topological polar surface area (TPSA) is 109 Å². The van der Waals surface area contributed by atoms with Gasteiger partial charge in [0.2, 0.25) is 5.76 Å². The van der Waals surface area contributed by atoms with Crippen LogP contribution in [0.4, 0.5) is 0 Å². The summed E-state index contributed by atoms with van der Waals surface area (Å²) >= 11 is 0. The van der Waals surface area contributed by atoms with Crippen LogP contribution in [0.5, 0.6) is 5.75 Å². The maximum Gasteiger partial charge on any atom is 0.358 e. The van der Waals surface area contributed by atoms with Gasteiger partial charge < -0.3 is 18.8 Å². The summed E-state index contributed by atoms with van der Waals surface area (Å²) < 4.78 is 15.7. The molecule has 0 aliphatic heterocycles. The smallest absolute Gasteiger partial charge is 0.358 e. The molecular weight excluding hydrogens is 276 g/mol. The van der Waals surface area contributed by atoms with E-state index in [0.717, 1.165) is 0 Å². The Kier molecular flexibility index (Phi) is 3.04. The number of carbonyl (C=O) groups is 1. The normalized spacial score (nSPS) is 10.4. The average molecular weight is 284 g/mol. The van der Waals surface area contributed by atoms with Crippen LogP contribution in [0.25, 0.3) is 11.0 Å². The van der Waals surface area contributed by atoms with Gasteiger partial charge in [-0.25, -0.2) is 4.79 Å². The third-order valence-electron chi connectivity index (χ3n) is 2.79. The van der Waals surface area contributed by atoms with Crippen molar-refractivity contribution in [2.45, 2.75) is 6.61 Å². The monoisotopic (exact) mass is 284 g/mol. The Morgan fingerprint density at radius 3 is 2.95 bits per heavy atom. The van der Waals surface area contributed by atoms with E-state index in [0.29, 0.717) is 16.7 Å². The number of aromatic nitrogens is 1. The number of carboxylic acid groups (broad SMARTS) is 1. The van der Waals surface area contributed by atoms with Crippen molar-refractivity contribution in [3.05, 3.63) is 47.5 Å². The Balaban J connectivity index is 1.87. The first kappa shape index (κ1) is 12.7. The van der Waals surface area contributed by atoms with Crippen LogP contribution in [0, 0.1) is 11.3 Å². The largest absolute Gasteiger partial charge is 0.480 e. The molecule has 2 heterocycles. The quantitative estimate of drug-likeness (QED) is 0.783. The summed E-state index contributed by atoms with van der Waals surface area (Å²) in [6.45, 7) is -0.0571. The van der Waals surface area contributed by atoms with Gasteiger partial charge in [-0.15, -0.1) is 0 Å². The molecule has 0 aliphatic rings. The molecule has 7 nitrogen and oxygen atoms in total. The summed E-state index contributed by atoms with van der Waals surface area (Å²) in [7, 11) is 0. The molecule has 0 bridgehead atoms. The molecule has 104 valence electrons. The number of benzene rings is 1. The Bertz CT molecular complexity index is 856. The molecule has 0 fully saturated rings. The Morgan fingerprint density at radius 1 is 1.43 bits per heavy atom. The van der Waals surface area contributed by atoms with E-state index in [2.05, 4.69) is 5.16 Å². The maximum atomic E-state index is 10.7. The zero-order valence-electron chi connectivity index (χ0n) is 10.6. The Morgan fingerprint density at radius 2 is 2.24 bits per heavy atom. The lowest BCUT2D eigenvalue weighted by Crippen LogP contribution is -1.96. The highest BCUT2D eigenvalue weighted by Crippen LogP contribution is 2.33. The van der Waals surface area contributed by atoms with Gasteiger partial charge in [-0.2, -0.15) is 5.26 Å². The molecule has 7 heteroatoms. The summed E-state index contributed by atoms with van der Waals surface area (Å²) in [6, 6.07) is 10.2. The van der Waals surface area contributed by atoms with Crippen LogP contribution in [0.1, 0.15) is 22.0 Å². The van der Waals surface area contributed by atoms with Crippen molar-refractivity contribution in [3.63, 3.8) is 0 Å². The van der Waals surface area contributed by atoms with Gasteiger partial charge in [-0.3, -0.25) is 0 Å². The number of ether oxygens (including phenoxy) is 1. The molecule has 0 saturated heterocycles. The minimum absolute atomic E-state index is 0.0502. The van der Waals surface area contributed by atoms with Crippen LogP contribution in [0.3, 0.4) is 0 Å². The summed E-state index contributed by atoms with van der Waals surface area (Å²) in [6.07, 6.45) is 0. The van der Waals surface area contributed by atoms with E-state index in [9.17, 15) is 4.79 Å². The summed E-state index contributed by atoms with van der Waals surface area (Å²) in [5.74, 6) is -0.603. The van der Waals surface area contributed by atoms with Crippen molar-refractivity contribution in [2.75, 3.05) is 0 Å². The summed E-state index contributed by atoms with van der Waals surface area (Å²) in [5, 5.41) is 21.8. The molecule has 0 saturated carbocycles. The SMILES string of the molecule is N#Cc1oc2ccccc2c1OCc1cc(C(=O)O)no1. The van der Waals surface area contributed by atoms with Crippen LogP contribution in [0.15, 0.2) is 39.3 Å². The van der Waals surface area contributed by atoms with E-state index in [1.54, 1.807) is 24.3 Å². The van der Waals surface area contributed by atoms with Crippen LogP contribution in [-0.4, -0.2) is 16.2 Å². The van der Waals surface area contributed by atoms with Gasteiger partial charge in [0.05, 0.1) is 5.39 Å². The van der Waals surface area contributed by atoms with Crippen LogP contribution in [-0.2, 0) is 6.61 Å². The van der Waals surface area contributed by atoms with Crippen LogP contribution in [0.2, 0.25) is 0 Å². The van der Waals surface area contributed by atoms with Gasteiger partial charge in [0, 0.05) is 6.07 Å². The number of hydrogen-bond acceptors (Lipinski definition) is 6. The fourth-order valence-corrected chi connectivity index (χ4v) is 1.86. The first-order valence-corrected chi connectivity index (χ1v) is 5.92. The number of fused-ring (bicyclic) bond motifs is 1. The fraction of sp³-hybridized carbons (Fsp3) is 0.0714. The van der Waals surface area contributed by atoms with E-state index in [-0.39, 0.29) is 23.8 Å². The lowest BCUT2D eigenvalue weighted by Gasteiger charge is -2.00. The van der Waals surface area contributed by atoms with E-state index in [1.807, 2.05) is 6.07 Å². The van der Waals surface area contributed by atoms with Crippen molar-refractivity contribution in [1.29, 1.82) is 5.26 Å². The second-order valence-corrected chi connectivity index (χ2v) is 4.14. The van der Waals surface area contributed by atoms with Crippen molar-refractivity contribution >= 4 is 16.9 Å². The van der Waals surface area contributed by atoms with Crippen molar-refractivity contribution in [3.8, 4) is 11.8 Å². The molecule has 0 unspecified atom stereocenters. The average Bonchev–Trinajstić information content (AvgIpc) is 3.09. The Hall–Kier alpha value is -3.27. The first-order chi connectivity index (χ1) is 10.2. The molecule has 2 aromatic heterocycles. The highest BCUT2D eigenvalue weighted by Gasteiger charge is 2.17. The summed E-state index contributed by atoms with van der Waals surface area (Å²) in [5.41, 5.74) is 0.332. The minimum Gasteiger partial charge on any atom is -0.480 e. The van der Waals surface area contributed by atoms with E-state index in [4.69, 9.17) is 24.0 Å². The van der Waals surface area contributed by atoms with Gasteiger partial charge in [0.15, 0.2) is 17.2 Å². The number of carboxylic acids is 1. The molecule has 3 aromatic rings. The Labute approximate surface area is 117 Å². The molecule has 1 aromatic carbocycles. The molecule has 3 rings (SSSR count). The third kappa shape index (κ3) is 2.30. The molecule has 0 spiro atoms. The van der Waals surface area contributed by atoms with E-state index < -0.39 is 5.97 Å². The number of furan rings is 1. The highest BCUT2D eigenvalue weighted by molar-refractivity contribution is 5.86. The minimum atomic E-state index is -1.18. The van der Waals surface area contributed by atoms with Crippen LogP contribution < -0.4 is 4.74 Å². The standard InChI is InChI=1S/C14H8N2O5/c15-6-12-13(9-3-1-2-4-11(9)20-12)19-7-8-5-10(14(17)18)16-21-8/h1-5H,7H2,(H,17,18). The zero-order chi connectivity index (χ0) is 14.8. The number of nitriles is 1. The number of aromatic carboxylic acids is 1. The summed E-state index contributed by atoms with van der Waals surface area (Å²) in [4.78, 5) is 10.7. The van der Waals surface area contributed by atoms with Crippen molar-refractivity contribution in [1.82, 2.24) is 5.16 Å². The first-order valence-electron chi connectivity index (χ1n) is 5.92. The lowest BCUT2D eigenvalue weighted by molar-refractivity contribution is 0.0685. The third-order valence-corrected chi connectivity index (χ3v) is 2.79. The van der Waals surface area contributed by atoms with Gasteiger partial charge >= 0.3 is 5.97 Å². The molecule has 1 N–H and O–H groups in total. The number of rotatable bonds is 4. The zero-order valence-corrected chi connectivity index (χ0v) is 10.6. The van der Waals surface area contributed by atoms with E-state index >= 15 is 0 Å². The predicted molar refractivity (Wildman–Crippen MR) is 68.7 cm³/mol. The van der Waals surface area contributed by atoms with Gasteiger partial charge in [-0.05, 0) is 12.1 Å². The number of nitrogens with zero attached hydrogens (tertiary/aromatic N) is 2. The maximum absolute atomic E-state index is 10.7. The van der Waals surface area contributed by atoms with Gasteiger partial charge in [-0.1, -0.05) is 17.3 Å². The second kappa shape index (κ2) is 5.02. The number of para-hydroxylation sites is 1. The van der Waals surface area contributed by atoms with Crippen molar-refractivity contribution < 1.29 is 23.6 Å². The molecule has 0 amide bonds. The predicted octanol–water partition coefficient (Wildman–Crippen LogP) is 2.57. The highest BCUT2D eigenvalue weighted by atomic mass is 16.5. The second-order valence-electron chi connectivity index (χ2n) is 4.14. The molecule has 21 heavy (non-hydrogen) atoms. The van der Waals surface area contributed by atoms with Gasteiger partial charge in [0.25, 0.3) is 0 Å². The molecular formula is C14H8N2O5. The van der Waals surface area contributed by atoms with Crippen LogP contribution >= 0.6 is 0 Å². The van der Waals surface area contributed by atoms with E-state index in [1.165, 1.54) is 6.07 Å². The fourth-order valence-electron chi connectivity index (χ4n) is 1.86. The lowest BCUT2D eigenvalue weighted by atomic mass is 10.2. The van der Waals surface area contributed by atoms with Crippen molar-refractivity contribution in [2.24, 2.45) is 0 Å². The number of hydrogen-bond donors (Lipinski definition) is 1. The molecule has 0 aliphatic carbocycles. The molecule has 0 atom stereocenters. The van der Waals surface area contributed by atoms with Gasteiger partial charge in [0.1, 0.15) is 18.3 Å². The molecule has 0 radical (unpaired) electrons.